The molecule has 3 aromatic rings. The highest BCUT2D eigenvalue weighted by atomic mass is 16.6. The molecule has 120 valence electrons. The largest absolute Gasteiger partial charge is 0.390 e. The number of aryl methyl sites for hydroxylation is 1. The lowest BCUT2D eigenvalue weighted by Crippen LogP contribution is -2.17. The molecule has 0 amide bonds. The Labute approximate surface area is 140 Å². The predicted octanol–water partition coefficient (Wildman–Crippen LogP) is 3.45. The van der Waals surface area contributed by atoms with Crippen LogP contribution in [0.3, 0.4) is 0 Å². The molecule has 0 aliphatic carbocycles. The van der Waals surface area contributed by atoms with E-state index in [4.69, 9.17) is 4.84 Å². The van der Waals surface area contributed by atoms with E-state index in [0.717, 1.165) is 23.4 Å². The summed E-state index contributed by atoms with van der Waals surface area (Å²) in [5, 5.41) is 12.4. The Balaban J connectivity index is 1.55. The number of nitrogens with zero attached hydrogens (tertiary/aromatic N) is 4. The summed E-state index contributed by atoms with van der Waals surface area (Å²) in [6, 6.07) is 18.7. The monoisotopic (exact) mass is 318 g/mol. The van der Waals surface area contributed by atoms with Gasteiger partial charge in [-0.15, -0.1) is 5.10 Å². The van der Waals surface area contributed by atoms with Gasteiger partial charge < -0.3 is 4.84 Å². The zero-order valence-electron chi connectivity index (χ0n) is 13.5. The van der Waals surface area contributed by atoms with Crippen molar-refractivity contribution in [3.8, 4) is 11.1 Å². The summed E-state index contributed by atoms with van der Waals surface area (Å²) >= 11 is 0. The summed E-state index contributed by atoms with van der Waals surface area (Å²) < 4.78 is 1.81. The summed E-state index contributed by atoms with van der Waals surface area (Å²) in [6.07, 6.45) is 2.67. The van der Waals surface area contributed by atoms with Gasteiger partial charge in [0.1, 0.15) is 0 Å². The fourth-order valence-corrected chi connectivity index (χ4v) is 2.98. The highest BCUT2D eigenvalue weighted by molar-refractivity contribution is 6.06. The van der Waals surface area contributed by atoms with Crippen molar-refractivity contribution in [1.82, 2.24) is 15.0 Å². The first kappa shape index (κ1) is 14.6. The summed E-state index contributed by atoms with van der Waals surface area (Å²) in [5.74, 6) is 0. The highest BCUT2D eigenvalue weighted by Crippen LogP contribution is 2.27. The Morgan fingerprint density at radius 3 is 2.54 bits per heavy atom. The Kier molecular flexibility index (Phi) is 3.83. The molecule has 0 radical (unpaired) electrons. The SMILES string of the molecule is Cc1cn(CC2CC(c3ccccc3-c3ccccc3)=NO2)nn1. The van der Waals surface area contributed by atoms with Crippen LogP contribution in [-0.2, 0) is 11.4 Å². The van der Waals surface area contributed by atoms with Crippen molar-refractivity contribution in [1.29, 1.82) is 0 Å². The van der Waals surface area contributed by atoms with Crippen LogP contribution in [0.4, 0.5) is 0 Å². The van der Waals surface area contributed by atoms with Gasteiger partial charge in [0, 0.05) is 18.2 Å². The lowest BCUT2D eigenvalue weighted by Gasteiger charge is -2.09. The quantitative estimate of drug-likeness (QED) is 0.740. The summed E-state index contributed by atoms with van der Waals surface area (Å²) in [6.45, 7) is 2.58. The number of hydrogen-bond acceptors (Lipinski definition) is 4. The van der Waals surface area contributed by atoms with Crippen LogP contribution in [0, 0.1) is 6.92 Å². The molecule has 2 heterocycles. The second kappa shape index (κ2) is 6.28. The number of aromatic nitrogens is 3. The number of hydrogen-bond donors (Lipinski definition) is 0. The standard InChI is InChI=1S/C19H18N4O/c1-14-12-23(22-20-14)13-16-11-19(21-24-16)18-10-6-5-9-17(18)15-7-3-2-4-8-15/h2-10,12,16H,11,13H2,1H3. The molecule has 0 spiro atoms. The lowest BCUT2D eigenvalue weighted by molar-refractivity contribution is 0.0693. The maximum absolute atomic E-state index is 5.62. The van der Waals surface area contributed by atoms with E-state index in [0.29, 0.717) is 6.54 Å². The van der Waals surface area contributed by atoms with Crippen LogP contribution in [-0.4, -0.2) is 26.8 Å². The smallest absolute Gasteiger partial charge is 0.152 e. The van der Waals surface area contributed by atoms with Crippen LogP contribution < -0.4 is 0 Å². The molecule has 5 heteroatoms. The van der Waals surface area contributed by atoms with Gasteiger partial charge in [-0.25, -0.2) is 4.68 Å². The van der Waals surface area contributed by atoms with Crippen LogP contribution in [0.25, 0.3) is 11.1 Å². The topological polar surface area (TPSA) is 52.3 Å². The van der Waals surface area contributed by atoms with E-state index >= 15 is 0 Å². The van der Waals surface area contributed by atoms with Crippen molar-refractivity contribution in [2.75, 3.05) is 0 Å². The number of rotatable bonds is 4. The van der Waals surface area contributed by atoms with Gasteiger partial charge in [-0.2, -0.15) is 0 Å². The maximum Gasteiger partial charge on any atom is 0.152 e. The first-order valence-electron chi connectivity index (χ1n) is 8.04. The van der Waals surface area contributed by atoms with Crippen molar-refractivity contribution in [3.05, 3.63) is 72.1 Å². The van der Waals surface area contributed by atoms with Crippen LogP contribution >= 0.6 is 0 Å². The van der Waals surface area contributed by atoms with Crippen LogP contribution in [0.1, 0.15) is 17.7 Å². The molecule has 0 bridgehead atoms. The zero-order chi connectivity index (χ0) is 16.4. The minimum atomic E-state index is -0.00932. The molecule has 0 fully saturated rings. The van der Waals surface area contributed by atoms with Crippen molar-refractivity contribution in [2.24, 2.45) is 5.16 Å². The van der Waals surface area contributed by atoms with E-state index in [2.05, 4.69) is 57.9 Å². The van der Waals surface area contributed by atoms with Gasteiger partial charge in [-0.1, -0.05) is 65.0 Å². The van der Waals surface area contributed by atoms with Gasteiger partial charge in [0.25, 0.3) is 0 Å². The van der Waals surface area contributed by atoms with Crippen molar-refractivity contribution in [2.45, 2.75) is 26.0 Å². The Morgan fingerprint density at radius 2 is 1.79 bits per heavy atom. The molecule has 1 aliphatic rings. The second-order valence-corrected chi connectivity index (χ2v) is 5.96. The Bertz CT molecular complexity index is 870. The van der Waals surface area contributed by atoms with Crippen LogP contribution in [0.2, 0.25) is 0 Å². The lowest BCUT2D eigenvalue weighted by atomic mass is 9.94. The third-order valence-electron chi connectivity index (χ3n) is 4.10. The van der Waals surface area contributed by atoms with E-state index in [9.17, 15) is 0 Å². The van der Waals surface area contributed by atoms with E-state index in [1.54, 1.807) is 0 Å². The zero-order valence-corrected chi connectivity index (χ0v) is 13.5. The first-order valence-corrected chi connectivity index (χ1v) is 8.04. The molecule has 1 aromatic heterocycles. The first-order chi connectivity index (χ1) is 11.8. The van der Waals surface area contributed by atoms with E-state index in [-0.39, 0.29) is 6.10 Å². The molecule has 1 unspecified atom stereocenters. The van der Waals surface area contributed by atoms with Crippen LogP contribution in [0.15, 0.2) is 65.9 Å². The van der Waals surface area contributed by atoms with Gasteiger partial charge in [0.2, 0.25) is 0 Å². The third-order valence-corrected chi connectivity index (χ3v) is 4.10. The normalized spacial score (nSPS) is 16.7. The average molecular weight is 318 g/mol. The molecular weight excluding hydrogens is 300 g/mol. The highest BCUT2D eigenvalue weighted by Gasteiger charge is 2.24. The van der Waals surface area contributed by atoms with Crippen LogP contribution in [0.5, 0.6) is 0 Å². The summed E-state index contributed by atoms with van der Waals surface area (Å²) in [5.41, 5.74) is 5.38. The van der Waals surface area contributed by atoms with Gasteiger partial charge in [0.15, 0.2) is 6.10 Å². The number of benzene rings is 2. The van der Waals surface area contributed by atoms with Crippen molar-refractivity contribution >= 4 is 5.71 Å². The fraction of sp³-hybridized carbons (Fsp3) is 0.211. The fourth-order valence-electron chi connectivity index (χ4n) is 2.98. The Morgan fingerprint density at radius 1 is 1.04 bits per heavy atom. The van der Waals surface area contributed by atoms with E-state index in [1.807, 2.05) is 29.9 Å². The molecule has 2 aromatic carbocycles. The molecule has 0 N–H and O–H groups in total. The van der Waals surface area contributed by atoms with Gasteiger partial charge in [-0.3, -0.25) is 0 Å². The average Bonchev–Trinajstić information content (AvgIpc) is 3.25. The molecule has 4 rings (SSSR count). The minimum Gasteiger partial charge on any atom is -0.390 e. The van der Waals surface area contributed by atoms with Gasteiger partial charge >= 0.3 is 0 Å². The molecule has 0 saturated carbocycles. The summed E-state index contributed by atoms with van der Waals surface area (Å²) in [7, 11) is 0. The second-order valence-electron chi connectivity index (χ2n) is 5.96. The maximum atomic E-state index is 5.62. The molecule has 0 saturated heterocycles. The Hall–Kier alpha value is -2.95. The molecular formula is C19H18N4O. The number of oxime groups is 1. The predicted molar refractivity (Wildman–Crippen MR) is 92.7 cm³/mol. The van der Waals surface area contributed by atoms with Crippen molar-refractivity contribution < 1.29 is 4.84 Å². The minimum absolute atomic E-state index is 0.00932. The van der Waals surface area contributed by atoms with Gasteiger partial charge in [0.05, 0.1) is 18.0 Å². The summed E-state index contributed by atoms with van der Waals surface area (Å²) in [4.78, 5) is 5.62. The molecule has 1 atom stereocenters. The molecule has 5 nitrogen and oxygen atoms in total. The molecule has 1 aliphatic heterocycles. The van der Waals surface area contributed by atoms with E-state index < -0.39 is 0 Å². The van der Waals surface area contributed by atoms with Gasteiger partial charge in [-0.05, 0) is 18.1 Å². The third kappa shape index (κ3) is 2.93. The van der Waals surface area contributed by atoms with E-state index in [1.165, 1.54) is 11.1 Å². The van der Waals surface area contributed by atoms with Crippen molar-refractivity contribution in [3.63, 3.8) is 0 Å². The molecule has 24 heavy (non-hydrogen) atoms.